The number of hydrogen-bond acceptors (Lipinski definition) is 4. The molecule has 0 spiro atoms. The fourth-order valence-electron chi connectivity index (χ4n) is 1.97. The molecular formula is C13H22N4. The number of aromatic nitrogens is 2. The second-order valence-electron chi connectivity index (χ2n) is 4.71. The van der Waals surface area contributed by atoms with Gasteiger partial charge in [-0.15, -0.1) is 0 Å². The van der Waals surface area contributed by atoms with E-state index in [1.807, 2.05) is 6.20 Å². The lowest BCUT2D eigenvalue weighted by Gasteiger charge is -2.23. The fourth-order valence-corrected chi connectivity index (χ4v) is 1.97. The first kappa shape index (κ1) is 12.1. The van der Waals surface area contributed by atoms with Gasteiger partial charge < -0.3 is 10.2 Å². The molecule has 0 aliphatic heterocycles. The molecule has 1 aliphatic rings. The minimum absolute atomic E-state index is 0.738. The van der Waals surface area contributed by atoms with E-state index in [4.69, 9.17) is 0 Å². The highest BCUT2D eigenvalue weighted by Gasteiger charge is 2.25. The lowest BCUT2D eigenvalue weighted by Crippen LogP contribution is -2.27. The van der Waals surface area contributed by atoms with Crippen LogP contribution >= 0.6 is 0 Å². The molecule has 4 heteroatoms. The molecule has 1 aromatic rings. The Labute approximate surface area is 103 Å². The van der Waals surface area contributed by atoms with E-state index < -0.39 is 0 Å². The van der Waals surface area contributed by atoms with Crippen molar-refractivity contribution in [3.8, 4) is 0 Å². The zero-order valence-corrected chi connectivity index (χ0v) is 11.0. The van der Waals surface area contributed by atoms with Gasteiger partial charge >= 0.3 is 0 Å². The summed E-state index contributed by atoms with van der Waals surface area (Å²) in [6, 6.07) is 0. The normalized spacial score (nSPS) is 14.8. The van der Waals surface area contributed by atoms with Crippen molar-refractivity contribution in [3.63, 3.8) is 0 Å². The van der Waals surface area contributed by atoms with Gasteiger partial charge in [-0.2, -0.15) is 4.98 Å². The van der Waals surface area contributed by atoms with Gasteiger partial charge in [0.2, 0.25) is 5.95 Å². The first-order valence-corrected chi connectivity index (χ1v) is 6.57. The average Bonchev–Trinajstić information content (AvgIpc) is 3.13. The van der Waals surface area contributed by atoms with Crippen molar-refractivity contribution in [1.82, 2.24) is 9.97 Å². The van der Waals surface area contributed by atoms with Crippen LogP contribution in [-0.2, 0) is 0 Å². The smallest absolute Gasteiger partial charge is 0.224 e. The predicted octanol–water partition coefficient (Wildman–Crippen LogP) is 2.45. The van der Waals surface area contributed by atoms with Crippen LogP contribution in [0, 0.1) is 12.8 Å². The quantitative estimate of drug-likeness (QED) is 0.821. The number of hydrogen-bond donors (Lipinski definition) is 1. The maximum atomic E-state index is 4.62. The molecule has 1 saturated carbocycles. The van der Waals surface area contributed by atoms with Crippen LogP contribution in [0.25, 0.3) is 0 Å². The van der Waals surface area contributed by atoms with Crippen LogP contribution in [0.4, 0.5) is 11.8 Å². The first-order valence-electron chi connectivity index (χ1n) is 6.57. The molecule has 0 atom stereocenters. The molecule has 17 heavy (non-hydrogen) atoms. The number of nitrogens with one attached hydrogen (secondary N) is 1. The van der Waals surface area contributed by atoms with E-state index >= 15 is 0 Å². The van der Waals surface area contributed by atoms with Gasteiger partial charge in [-0.1, -0.05) is 0 Å². The van der Waals surface area contributed by atoms with Gasteiger partial charge in [0, 0.05) is 31.4 Å². The van der Waals surface area contributed by atoms with Crippen molar-refractivity contribution in [1.29, 1.82) is 0 Å². The monoisotopic (exact) mass is 234 g/mol. The topological polar surface area (TPSA) is 41.1 Å². The summed E-state index contributed by atoms with van der Waals surface area (Å²) >= 11 is 0. The third kappa shape index (κ3) is 3.08. The predicted molar refractivity (Wildman–Crippen MR) is 71.5 cm³/mol. The number of aryl methyl sites for hydroxylation is 1. The van der Waals surface area contributed by atoms with E-state index in [0.29, 0.717) is 0 Å². The molecule has 0 saturated heterocycles. The first-order chi connectivity index (χ1) is 8.24. The van der Waals surface area contributed by atoms with E-state index in [9.17, 15) is 0 Å². The number of anilines is 2. The van der Waals surface area contributed by atoms with E-state index in [0.717, 1.165) is 42.9 Å². The van der Waals surface area contributed by atoms with Crippen LogP contribution in [0.15, 0.2) is 6.20 Å². The molecule has 94 valence electrons. The largest absolute Gasteiger partial charge is 0.356 e. The van der Waals surface area contributed by atoms with E-state index in [1.54, 1.807) is 0 Å². The fraction of sp³-hybridized carbons (Fsp3) is 0.692. The average molecular weight is 234 g/mol. The van der Waals surface area contributed by atoms with Crippen molar-refractivity contribution in [2.75, 3.05) is 29.9 Å². The highest BCUT2D eigenvalue weighted by molar-refractivity contribution is 5.49. The molecule has 2 rings (SSSR count). The summed E-state index contributed by atoms with van der Waals surface area (Å²) in [6.07, 6.45) is 4.66. The molecule has 1 heterocycles. The van der Waals surface area contributed by atoms with Crippen molar-refractivity contribution in [3.05, 3.63) is 11.8 Å². The maximum absolute atomic E-state index is 4.62. The second-order valence-corrected chi connectivity index (χ2v) is 4.71. The number of rotatable bonds is 6. The van der Waals surface area contributed by atoms with Crippen LogP contribution in [0.2, 0.25) is 0 Å². The zero-order chi connectivity index (χ0) is 12.3. The summed E-state index contributed by atoms with van der Waals surface area (Å²) in [5.41, 5.74) is 1.16. The van der Waals surface area contributed by atoms with Crippen molar-refractivity contribution in [2.24, 2.45) is 5.92 Å². The molecule has 4 nitrogen and oxygen atoms in total. The third-order valence-electron chi connectivity index (χ3n) is 3.14. The van der Waals surface area contributed by atoms with Crippen LogP contribution in [0.1, 0.15) is 32.3 Å². The molecule has 0 bridgehead atoms. The molecule has 0 unspecified atom stereocenters. The Morgan fingerprint density at radius 2 is 2.18 bits per heavy atom. The van der Waals surface area contributed by atoms with E-state index in [2.05, 4.69) is 41.0 Å². The molecule has 1 fully saturated rings. The lowest BCUT2D eigenvalue weighted by molar-refractivity contribution is 0.728. The Hall–Kier alpha value is -1.32. The highest BCUT2D eigenvalue weighted by Crippen LogP contribution is 2.31. The van der Waals surface area contributed by atoms with Gasteiger partial charge in [-0.3, -0.25) is 0 Å². The van der Waals surface area contributed by atoms with Gasteiger partial charge in [0.15, 0.2) is 0 Å². The Bertz CT molecular complexity index is 374. The minimum atomic E-state index is 0.738. The van der Waals surface area contributed by atoms with Crippen molar-refractivity contribution in [2.45, 2.75) is 33.6 Å². The zero-order valence-electron chi connectivity index (χ0n) is 11.0. The van der Waals surface area contributed by atoms with Gasteiger partial charge in [0.1, 0.15) is 5.82 Å². The van der Waals surface area contributed by atoms with Crippen molar-refractivity contribution < 1.29 is 0 Å². The molecule has 1 aliphatic carbocycles. The van der Waals surface area contributed by atoms with Crippen LogP contribution in [0.5, 0.6) is 0 Å². The Morgan fingerprint density at radius 3 is 2.76 bits per heavy atom. The summed E-state index contributed by atoms with van der Waals surface area (Å²) in [5.74, 6) is 2.71. The molecule has 1 N–H and O–H groups in total. The number of nitrogens with zero attached hydrogens (tertiary/aromatic N) is 3. The van der Waals surface area contributed by atoms with Crippen molar-refractivity contribution >= 4 is 11.8 Å². The third-order valence-corrected chi connectivity index (χ3v) is 3.14. The standard InChI is InChI=1S/C13H22N4/c1-4-14-13-15-8-10(3)12(16-13)17(5-2)9-11-6-7-11/h8,11H,4-7,9H2,1-3H3,(H,14,15,16). The minimum Gasteiger partial charge on any atom is -0.356 e. The maximum Gasteiger partial charge on any atom is 0.224 e. The summed E-state index contributed by atoms with van der Waals surface area (Å²) in [6.45, 7) is 9.35. The SMILES string of the molecule is CCNc1ncc(C)c(N(CC)CC2CC2)n1. The van der Waals surface area contributed by atoms with E-state index in [-0.39, 0.29) is 0 Å². The summed E-state index contributed by atoms with van der Waals surface area (Å²) in [7, 11) is 0. The molecule has 0 aromatic carbocycles. The molecule has 1 aromatic heterocycles. The molecule has 0 radical (unpaired) electrons. The highest BCUT2D eigenvalue weighted by atomic mass is 15.2. The summed E-state index contributed by atoms with van der Waals surface area (Å²) in [4.78, 5) is 11.3. The van der Waals surface area contributed by atoms with Gasteiger partial charge in [-0.25, -0.2) is 4.98 Å². The van der Waals surface area contributed by atoms with Gasteiger partial charge in [0.25, 0.3) is 0 Å². The van der Waals surface area contributed by atoms with Crippen LogP contribution < -0.4 is 10.2 Å². The van der Waals surface area contributed by atoms with Crippen LogP contribution in [0.3, 0.4) is 0 Å². The molecule has 0 amide bonds. The second kappa shape index (κ2) is 5.34. The Balaban J connectivity index is 2.17. The summed E-state index contributed by atoms with van der Waals surface area (Å²) < 4.78 is 0. The van der Waals surface area contributed by atoms with Gasteiger partial charge in [0.05, 0.1) is 0 Å². The van der Waals surface area contributed by atoms with E-state index in [1.165, 1.54) is 12.8 Å². The lowest BCUT2D eigenvalue weighted by atomic mass is 10.3. The Kier molecular flexibility index (Phi) is 3.82. The Morgan fingerprint density at radius 1 is 1.41 bits per heavy atom. The molecular weight excluding hydrogens is 212 g/mol. The van der Waals surface area contributed by atoms with Gasteiger partial charge in [-0.05, 0) is 39.5 Å². The van der Waals surface area contributed by atoms with Crippen LogP contribution in [-0.4, -0.2) is 29.6 Å². The summed E-state index contributed by atoms with van der Waals surface area (Å²) in [5, 5.41) is 3.17.